The predicted octanol–water partition coefficient (Wildman–Crippen LogP) is 3.75. The third kappa shape index (κ3) is 1.14. The summed E-state index contributed by atoms with van der Waals surface area (Å²) in [7, 11) is 0. The van der Waals surface area contributed by atoms with Crippen LogP contribution in [0.5, 0.6) is 0 Å². The van der Waals surface area contributed by atoms with E-state index in [0.717, 1.165) is 0 Å². The molecular weight excluding hydrogens is 170 g/mol. The summed E-state index contributed by atoms with van der Waals surface area (Å²) in [5, 5.41) is 0. The average molecular weight is 190 g/mol. The normalized spacial score (nSPS) is 33.2. The molecule has 0 amide bonds. The van der Waals surface area contributed by atoms with Crippen molar-refractivity contribution in [3.05, 3.63) is 0 Å². The molecule has 1 rings (SSSR count). The Morgan fingerprint density at radius 1 is 0.769 bits per heavy atom. The molecule has 1 aliphatic rings. The third-order valence-corrected chi connectivity index (χ3v) is 3.50. The molecule has 0 aromatic heterocycles. The molecule has 1 saturated carbocycles. The first-order valence-corrected chi connectivity index (χ1v) is 4.85. The van der Waals surface area contributed by atoms with E-state index in [-0.39, 0.29) is 10.8 Å². The molecule has 0 aliphatic heterocycles. The minimum atomic E-state index is -1.28. The van der Waals surface area contributed by atoms with Gasteiger partial charge >= 0.3 is 0 Å². The van der Waals surface area contributed by atoms with Gasteiger partial charge in [0.15, 0.2) is 0 Å². The first kappa shape index (κ1) is 10.9. The molecular formula is C11H20F2. The molecule has 2 unspecified atom stereocenters. The number of rotatable bonds is 0. The maximum Gasteiger partial charge on any atom is 0.141 e. The summed E-state index contributed by atoms with van der Waals surface area (Å²) >= 11 is 0. The van der Waals surface area contributed by atoms with Gasteiger partial charge in [0.2, 0.25) is 0 Å². The highest BCUT2D eigenvalue weighted by Gasteiger charge is 2.77. The summed E-state index contributed by atoms with van der Waals surface area (Å²) in [5.74, 6) is 0. The fraction of sp³-hybridized carbons (Fsp3) is 1.00. The average Bonchev–Trinajstić information content (AvgIpc) is 2.32. The van der Waals surface area contributed by atoms with Crippen LogP contribution < -0.4 is 0 Å². The van der Waals surface area contributed by atoms with Crippen molar-refractivity contribution < 1.29 is 8.78 Å². The number of alkyl halides is 2. The van der Waals surface area contributed by atoms with E-state index in [1.807, 2.05) is 41.5 Å². The van der Waals surface area contributed by atoms with Gasteiger partial charge in [-0.3, -0.25) is 0 Å². The molecule has 78 valence electrons. The van der Waals surface area contributed by atoms with Crippen LogP contribution in [0.3, 0.4) is 0 Å². The molecule has 0 spiro atoms. The van der Waals surface area contributed by atoms with E-state index in [1.165, 1.54) is 0 Å². The molecule has 2 heteroatoms. The van der Waals surface area contributed by atoms with Crippen LogP contribution in [-0.2, 0) is 0 Å². The van der Waals surface area contributed by atoms with Crippen LogP contribution >= 0.6 is 0 Å². The first-order chi connectivity index (χ1) is 5.57. The molecule has 0 nitrogen and oxygen atoms in total. The van der Waals surface area contributed by atoms with E-state index >= 15 is 0 Å². The second-order valence-corrected chi connectivity index (χ2v) is 6.17. The second-order valence-electron chi connectivity index (χ2n) is 6.17. The number of hydrogen-bond donors (Lipinski definition) is 0. The lowest BCUT2D eigenvalue weighted by Gasteiger charge is -2.41. The standard InChI is InChI=1S/C11H20F2/c1-9(2,3)11(10(4,5)6)7(12)8(11)13/h7-8H,1-6H3. The van der Waals surface area contributed by atoms with Crippen molar-refractivity contribution in [2.24, 2.45) is 16.2 Å². The third-order valence-electron chi connectivity index (χ3n) is 3.50. The summed E-state index contributed by atoms with van der Waals surface area (Å²) in [6, 6.07) is 0. The van der Waals surface area contributed by atoms with Gasteiger partial charge in [0.05, 0.1) is 0 Å². The highest BCUT2D eigenvalue weighted by Crippen LogP contribution is 2.70. The Morgan fingerprint density at radius 2 is 1.00 bits per heavy atom. The Balaban J connectivity index is 3.09. The molecule has 0 saturated heterocycles. The molecule has 2 atom stereocenters. The van der Waals surface area contributed by atoms with Gasteiger partial charge in [-0.25, -0.2) is 8.78 Å². The van der Waals surface area contributed by atoms with Crippen molar-refractivity contribution in [1.82, 2.24) is 0 Å². The minimum Gasteiger partial charge on any atom is -0.243 e. The molecule has 1 fully saturated rings. The molecule has 0 aromatic carbocycles. The SMILES string of the molecule is CC(C)(C)C1(C(C)(C)C)C(F)C1F. The van der Waals surface area contributed by atoms with Gasteiger partial charge in [0.1, 0.15) is 12.3 Å². The molecule has 0 radical (unpaired) electrons. The lowest BCUT2D eigenvalue weighted by Crippen LogP contribution is -2.38. The molecule has 0 heterocycles. The van der Waals surface area contributed by atoms with E-state index in [9.17, 15) is 8.78 Å². The van der Waals surface area contributed by atoms with Crippen molar-refractivity contribution in [2.45, 2.75) is 53.9 Å². The molecule has 1 aliphatic carbocycles. The van der Waals surface area contributed by atoms with Crippen LogP contribution in [-0.4, -0.2) is 12.3 Å². The van der Waals surface area contributed by atoms with Gasteiger partial charge in [-0.05, 0) is 10.8 Å². The van der Waals surface area contributed by atoms with Crippen molar-refractivity contribution in [3.63, 3.8) is 0 Å². The zero-order valence-corrected chi connectivity index (χ0v) is 9.41. The van der Waals surface area contributed by atoms with Gasteiger partial charge in [-0.1, -0.05) is 41.5 Å². The smallest absolute Gasteiger partial charge is 0.141 e. The zero-order chi connectivity index (χ0) is 10.7. The van der Waals surface area contributed by atoms with Gasteiger partial charge in [0, 0.05) is 5.41 Å². The van der Waals surface area contributed by atoms with Crippen molar-refractivity contribution in [1.29, 1.82) is 0 Å². The molecule has 0 N–H and O–H groups in total. The van der Waals surface area contributed by atoms with E-state index in [4.69, 9.17) is 0 Å². The molecule has 13 heavy (non-hydrogen) atoms. The van der Waals surface area contributed by atoms with Crippen LogP contribution in [0.2, 0.25) is 0 Å². The van der Waals surface area contributed by atoms with Gasteiger partial charge in [-0.2, -0.15) is 0 Å². The van der Waals surface area contributed by atoms with Gasteiger partial charge in [0.25, 0.3) is 0 Å². The van der Waals surface area contributed by atoms with E-state index < -0.39 is 17.8 Å². The van der Waals surface area contributed by atoms with E-state index in [2.05, 4.69) is 0 Å². The van der Waals surface area contributed by atoms with Crippen LogP contribution in [0.1, 0.15) is 41.5 Å². The maximum absolute atomic E-state index is 13.4. The van der Waals surface area contributed by atoms with Crippen LogP contribution in [0.4, 0.5) is 8.78 Å². The Labute approximate surface area is 79.7 Å². The van der Waals surface area contributed by atoms with Crippen LogP contribution in [0.25, 0.3) is 0 Å². The Hall–Kier alpha value is -0.140. The largest absolute Gasteiger partial charge is 0.243 e. The summed E-state index contributed by atoms with van der Waals surface area (Å²) in [6.45, 7) is 11.5. The van der Waals surface area contributed by atoms with Crippen molar-refractivity contribution >= 4 is 0 Å². The van der Waals surface area contributed by atoms with Crippen LogP contribution in [0, 0.1) is 16.2 Å². The van der Waals surface area contributed by atoms with E-state index in [0.29, 0.717) is 0 Å². The molecule has 0 bridgehead atoms. The summed E-state index contributed by atoms with van der Waals surface area (Å²) in [6.07, 6.45) is -2.57. The Bertz CT molecular complexity index is 183. The monoisotopic (exact) mass is 190 g/mol. The highest BCUT2D eigenvalue weighted by molar-refractivity contribution is 5.23. The van der Waals surface area contributed by atoms with Crippen molar-refractivity contribution in [2.75, 3.05) is 0 Å². The predicted molar refractivity (Wildman–Crippen MR) is 51.1 cm³/mol. The van der Waals surface area contributed by atoms with Crippen LogP contribution in [0.15, 0.2) is 0 Å². The van der Waals surface area contributed by atoms with Gasteiger partial charge in [-0.15, -0.1) is 0 Å². The fourth-order valence-electron chi connectivity index (χ4n) is 3.09. The topological polar surface area (TPSA) is 0 Å². The zero-order valence-electron chi connectivity index (χ0n) is 9.41. The first-order valence-electron chi connectivity index (χ1n) is 4.85. The quantitative estimate of drug-likeness (QED) is 0.545. The Kier molecular flexibility index (Phi) is 2.07. The maximum atomic E-state index is 13.4. The molecule has 0 aromatic rings. The summed E-state index contributed by atoms with van der Waals surface area (Å²) in [4.78, 5) is 0. The second kappa shape index (κ2) is 2.46. The minimum absolute atomic E-state index is 0.315. The van der Waals surface area contributed by atoms with Gasteiger partial charge < -0.3 is 0 Å². The lowest BCUT2D eigenvalue weighted by molar-refractivity contribution is 0.0321. The number of hydrogen-bond acceptors (Lipinski definition) is 0. The summed E-state index contributed by atoms with van der Waals surface area (Å²) < 4.78 is 26.9. The Morgan fingerprint density at radius 3 is 1.00 bits per heavy atom. The van der Waals surface area contributed by atoms with E-state index in [1.54, 1.807) is 0 Å². The fourth-order valence-corrected chi connectivity index (χ4v) is 3.09. The summed E-state index contributed by atoms with van der Waals surface area (Å²) in [5.41, 5.74) is -1.42. The van der Waals surface area contributed by atoms with Crippen molar-refractivity contribution in [3.8, 4) is 0 Å². The lowest BCUT2D eigenvalue weighted by atomic mass is 9.63. The number of halogens is 2. The highest BCUT2D eigenvalue weighted by atomic mass is 19.2.